The van der Waals surface area contributed by atoms with Gasteiger partial charge in [0.15, 0.2) is 0 Å². The van der Waals surface area contributed by atoms with Crippen molar-refractivity contribution < 1.29 is 4.39 Å². The third kappa shape index (κ3) is 1.25. The quantitative estimate of drug-likeness (QED) is 0.740. The fourth-order valence-corrected chi connectivity index (χ4v) is 1.99. The van der Waals surface area contributed by atoms with Crippen molar-refractivity contribution >= 4 is 11.6 Å². The molecule has 0 amide bonds. The third-order valence-electron chi connectivity index (χ3n) is 2.82. The Hall–Kier alpha value is -0.600. The Morgan fingerprint density at radius 3 is 2.77 bits per heavy atom. The van der Waals surface area contributed by atoms with E-state index in [1.165, 1.54) is 6.07 Å². The molecule has 1 aliphatic carbocycles. The molecule has 3 heteroatoms. The Bertz CT molecular complexity index is 353. The van der Waals surface area contributed by atoms with Crippen LogP contribution in [0.4, 0.5) is 4.39 Å². The molecule has 0 radical (unpaired) electrons. The molecule has 2 atom stereocenters. The Labute approximate surface area is 81.7 Å². The van der Waals surface area contributed by atoms with E-state index in [4.69, 9.17) is 17.3 Å². The fourth-order valence-electron chi connectivity index (χ4n) is 1.69. The van der Waals surface area contributed by atoms with Gasteiger partial charge in [-0.15, -0.1) is 0 Å². The molecule has 0 aromatic heterocycles. The average Bonchev–Trinajstić information content (AvgIpc) is 2.67. The summed E-state index contributed by atoms with van der Waals surface area (Å²) in [5.41, 5.74) is 6.38. The molecule has 1 aromatic rings. The number of hydrogen-bond donors (Lipinski definition) is 1. The van der Waals surface area contributed by atoms with E-state index in [-0.39, 0.29) is 16.4 Å². The summed E-state index contributed by atoms with van der Waals surface area (Å²) in [6.45, 7) is 2.04. The van der Waals surface area contributed by atoms with Crippen molar-refractivity contribution in [1.82, 2.24) is 0 Å². The van der Waals surface area contributed by atoms with Crippen LogP contribution in [0.15, 0.2) is 18.2 Å². The molecule has 1 saturated carbocycles. The number of hydrogen-bond acceptors (Lipinski definition) is 1. The molecule has 13 heavy (non-hydrogen) atoms. The molecular formula is C10H11ClFN. The lowest BCUT2D eigenvalue weighted by atomic mass is 10.0. The standard InChI is InChI=1S/C10H11ClFN/c1-6-5-10(6,13)7-3-2-4-8(12)9(7)11/h2-4,6H,5,13H2,1H3. The van der Waals surface area contributed by atoms with Crippen molar-refractivity contribution in [2.75, 3.05) is 0 Å². The van der Waals surface area contributed by atoms with Crippen molar-refractivity contribution in [2.45, 2.75) is 18.9 Å². The third-order valence-corrected chi connectivity index (χ3v) is 3.20. The Morgan fingerprint density at radius 2 is 2.23 bits per heavy atom. The van der Waals surface area contributed by atoms with Gasteiger partial charge in [0.05, 0.1) is 5.02 Å². The summed E-state index contributed by atoms with van der Waals surface area (Å²) in [5, 5.41) is 0.175. The predicted molar refractivity (Wildman–Crippen MR) is 51.1 cm³/mol. The molecule has 0 spiro atoms. The first-order valence-corrected chi connectivity index (χ1v) is 4.67. The number of halogens is 2. The van der Waals surface area contributed by atoms with Crippen molar-refractivity contribution in [1.29, 1.82) is 0 Å². The minimum absolute atomic E-state index is 0.175. The molecule has 0 aliphatic heterocycles. The van der Waals surface area contributed by atoms with E-state index in [0.29, 0.717) is 5.92 Å². The van der Waals surface area contributed by atoms with Crippen LogP contribution in [0, 0.1) is 11.7 Å². The average molecular weight is 200 g/mol. The lowest BCUT2D eigenvalue weighted by Crippen LogP contribution is -2.22. The topological polar surface area (TPSA) is 26.0 Å². The van der Waals surface area contributed by atoms with Crippen LogP contribution in [0.3, 0.4) is 0 Å². The lowest BCUT2D eigenvalue weighted by Gasteiger charge is -2.12. The zero-order valence-electron chi connectivity index (χ0n) is 7.35. The second-order valence-electron chi connectivity index (χ2n) is 3.75. The Balaban J connectivity index is 2.47. The van der Waals surface area contributed by atoms with E-state index in [1.54, 1.807) is 12.1 Å². The van der Waals surface area contributed by atoms with E-state index in [2.05, 4.69) is 0 Å². The zero-order valence-corrected chi connectivity index (χ0v) is 8.11. The summed E-state index contributed by atoms with van der Waals surface area (Å²) in [6, 6.07) is 4.80. The second kappa shape index (κ2) is 2.69. The Morgan fingerprint density at radius 1 is 1.62 bits per heavy atom. The summed E-state index contributed by atoms with van der Waals surface area (Å²) in [7, 11) is 0. The first-order chi connectivity index (χ1) is 6.05. The summed E-state index contributed by atoms with van der Waals surface area (Å²) in [4.78, 5) is 0. The highest BCUT2D eigenvalue weighted by Crippen LogP contribution is 2.51. The monoisotopic (exact) mass is 199 g/mol. The van der Waals surface area contributed by atoms with E-state index in [9.17, 15) is 4.39 Å². The largest absolute Gasteiger partial charge is 0.321 e. The van der Waals surface area contributed by atoms with E-state index >= 15 is 0 Å². The van der Waals surface area contributed by atoms with Crippen LogP contribution in [0.25, 0.3) is 0 Å². The van der Waals surface area contributed by atoms with Gasteiger partial charge in [-0.1, -0.05) is 30.7 Å². The molecule has 70 valence electrons. The lowest BCUT2D eigenvalue weighted by molar-refractivity contribution is 0.610. The summed E-state index contributed by atoms with van der Waals surface area (Å²) < 4.78 is 13.1. The van der Waals surface area contributed by atoms with Gasteiger partial charge in [0.1, 0.15) is 5.82 Å². The molecule has 2 N–H and O–H groups in total. The predicted octanol–water partition coefficient (Wildman–Crippen LogP) is 2.67. The van der Waals surface area contributed by atoms with E-state index in [0.717, 1.165) is 12.0 Å². The molecule has 1 aromatic carbocycles. The summed E-state index contributed by atoms with van der Waals surface area (Å²) >= 11 is 5.83. The molecule has 1 fully saturated rings. The van der Waals surface area contributed by atoms with Crippen LogP contribution in [-0.4, -0.2) is 0 Å². The summed E-state index contributed by atoms with van der Waals surface area (Å²) in [5.74, 6) is 0.00916. The number of nitrogens with two attached hydrogens (primary N) is 1. The molecule has 0 bridgehead atoms. The molecule has 1 nitrogen and oxygen atoms in total. The van der Waals surface area contributed by atoms with Gasteiger partial charge in [-0.3, -0.25) is 0 Å². The molecule has 0 saturated heterocycles. The highest BCUT2D eigenvalue weighted by molar-refractivity contribution is 6.31. The van der Waals surface area contributed by atoms with Crippen molar-refractivity contribution in [3.05, 3.63) is 34.6 Å². The molecule has 2 unspecified atom stereocenters. The van der Waals surface area contributed by atoms with Crippen molar-refractivity contribution in [3.8, 4) is 0 Å². The molecular weight excluding hydrogens is 189 g/mol. The van der Waals surface area contributed by atoms with Gasteiger partial charge in [0, 0.05) is 5.54 Å². The molecule has 0 heterocycles. The summed E-state index contributed by atoms with van der Waals surface area (Å²) in [6.07, 6.45) is 0.885. The number of benzene rings is 1. The Kier molecular flexibility index (Phi) is 1.86. The minimum Gasteiger partial charge on any atom is -0.321 e. The molecule has 1 aliphatic rings. The first-order valence-electron chi connectivity index (χ1n) is 4.29. The first kappa shape index (κ1) is 8.97. The van der Waals surface area contributed by atoms with Gasteiger partial charge in [-0.05, 0) is 24.0 Å². The van der Waals surface area contributed by atoms with Crippen LogP contribution in [-0.2, 0) is 5.54 Å². The maximum Gasteiger partial charge on any atom is 0.142 e. The van der Waals surface area contributed by atoms with Crippen molar-refractivity contribution in [2.24, 2.45) is 11.7 Å². The zero-order chi connectivity index (χ0) is 9.64. The van der Waals surface area contributed by atoms with Crippen LogP contribution in [0.1, 0.15) is 18.9 Å². The van der Waals surface area contributed by atoms with Crippen LogP contribution >= 0.6 is 11.6 Å². The van der Waals surface area contributed by atoms with Crippen molar-refractivity contribution in [3.63, 3.8) is 0 Å². The fraction of sp³-hybridized carbons (Fsp3) is 0.400. The normalized spacial score (nSPS) is 31.8. The van der Waals surface area contributed by atoms with Gasteiger partial charge in [-0.2, -0.15) is 0 Å². The second-order valence-corrected chi connectivity index (χ2v) is 4.12. The van der Waals surface area contributed by atoms with E-state index < -0.39 is 0 Å². The maximum absolute atomic E-state index is 13.1. The van der Waals surface area contributed by atoms with E-state index in [1.807, 2.05) is 6.92 Å². The smallest absolute Gasteiger partial charge is 0.142 e. The SMILES string of the molecule is CC1CC1(N)c1cccc(F)c1Cl. The maximum atomic E-state index is 13.1. The minimum atomic E-state index is -0.390. The van der Waals surface area contributed by atoms with Gasteiger partial charge >= 0.3 is 0 Å². The van der Waals surface area contributed by atoms with Crippen LogP contribution < -0.4 is 5.73 Å². The van der Waals surface area contributed by atoms with Gasteiger partial charge in [-0.25, -0.2) is 4.39 Å². The molecule has 2 rings (SSSR count). The van der Waals surface area contributed by atoms with Gasteiger partial charge in [0.2, 0.25) is 0 Å². The van der Waals surface area contributed by atoms with Gasteiger partial charge < -0.3 is 5.73 Å². The van der Waals surface area contributed by atoms with Gasteiger partial charge in [0.25, 0.3) is 0 Å². The van der Waals surface area contributed by atoms with Crippen LogP contribution in [0.5, 0.6) is 0 Å². The number of rotatable bonds is 1. The highest BCUT2D eigenvalue weighted by atomic mass is 35.5. The van der Waals surface area contributed by atoms with Crippen LogP contribution in [0.2, 0.25) is 5.02 Å². The highest BCUT2D eigenvalue weighted by Gasteiger charge is 2.50.